The highest BCUT2D eigenvalue weighted by Gasteiger charge is 2.23. The summed E-state index contributed by atoms with van der Waals surface area (Å²) in [6.45, 7) is 3.37. The van der Waals surface area contributed by atoms with Crippen molar-refractivity contribution in [2.24, 2.45) is 0 Å². The van der Waals surface area contributed by atoms with Crippen molar-refractivity contribution in [3.05, 3.63) is 58.5 Å². The lowest BCUT2D eigenvalue weighted by atomic mass is 10.0. The summed E-state index contributed by atoms with van der Waals surface area (Å²) in [5.41, 5.74) is 3.22. The van der Waals surface area contributed by atoms with Crippen LogP contribution in [0.1, 0.15) is 24.4 Å². The van der Waals surface area contributed by atoms with E-state index in [1.165, 1.54) is 5.56 Å². The van der Waals surface area contributed by atoms with Crippen LogP contribution in [0.25, 0.3) is 11.0 Å². The predicted molar refractivity (Wildman–Crippen MR) is 104 cm³/mol. The molecule has 27 heavy (non-hydrogen) atoms. The number of piperidine rings is 1. The summed E-state index contributed by atoms with van der Waals surface area (Å²) < 4.78 is 12.8. The van der Waals surface area contributed by atoms with Gasteiger partial charge < -0.3 is 19.4 Å². The fraction of sp³-hybridized carbons (Fsp3) is 0.381. The topological polar surface area (TPSA) is 59.5 Å². The van der Waals surface area contributed by atoms with E-state index in [1.54, 1.807) is 0 Å². The molecule has 6 nitrogen and oxygen atoms in total. The maximum atomic E-state index is 12.4. The van der Waals surface area contributed by atoms with Crippen molar-refractivity contribution in [3.63, 3.8) is 0 Å². The molecule has 0 saturated carbocycles. The van der Waals surface area contributed by atoms with Crippen LogP contribution in [-0.2, 0) is 6.42 Å². The monoisotopic (exact) mass is 365 g/mol. The van der Waals surface area contributed by atoms with Gasteiger partial charge in [0, 0.05) is 25.7 Å². The fourth-order valence-electron chi connectivity index (χ4n) is 4.22. The van der Waals surface area contributed by atoms with Crippen LogP contribution < -0.4 is 15.2 Å². The molecule has 0 amide bonds. The van der Waals surface area contributed by atoms with Crippen LogP contribution in [0.3, 0.4) is 0 Å². The molecule has 1 saturated heterocycles. The Bertz CT molecular complexity index is 1010. The number of benzene rings is 2. The summed E-state index contributed by atoms with van der Waals surface area (Å²) in [6, 6.07) is 14.4. The van der Waals surface area contributed by atoms with Crippen LogP contribution in [0.15, 0.2) is 47.3 Å². The molecular weight excluding hydrogens is 342 g/mol. The minimum atomic E-state index is 0.00927. The molecule has 3 aromatic rings. The number of rotatable bonds is 4. The predicted octanol–water partition coefficient (Wildman–Crippen LogP) is 2.94. The minimum Gasteiger partial charge on any atom is -0.454 e. The number of ether oxygens (including phenoxy) is 2. The van der Waals surface area contributed by atoms with Gasteiger partial charge >= 0.3 is 5.69 Å². The lowest BCUT2D eigenvalue weighted by Gasteiger charge is -2.32. The summed E-state index contributed by atoms with van der Waals surface area (Å²) in [4.78, 5) is 17.9. The van der Waals surface area contributed by atoms with Gasteiger partial charge in [0.25, 0.3) is 0 Å². The maximum absolute atomic E-state index is 12.4. The van der Waals surface area contributed by atoms with Crippen molar-refractivity contribution in [1.29, 1.82) is 0 Å². The number of H-pyrrole nitrogens is 1. The molecule has 0 unspecified atom stereocenters. The van der Waals surface area contributed by atoms with E-state index in [0.717, 1.165) is 61.4 Å². The summed E-state index contributed by atoms with van der Waals surface area (Å²) in [6.07, 6.45) is 3.00. The Balaban J connectivity index is 1.21. The summed E-state index contributed by atoms with van der Waals surface area (Å²) >= 11 is 0. The van der Waals surface area contributed by atoms with Gasteiger partial charge in [-0.15, -0.1) is 0 Å². The molecule has 6 heteroatoms. The second kappa shape index (κ2) is 6.78. The van der Waals surface area contributed by atoms with Crippen molar-refractivity contribution in [2.45, 2.75) is 25.3 Å². The standard InChI is InChI=1S/C21H23N3O3/c25-21-22-17-3-1-2-4-18(17)24(21)16-8-11-23(12-9-16)10-7-15-5-6-19-20(13-15)27-14-26-19/h1-6,13,16H,7-12,14H2,(H,22,25). The van der Waals surface area contributed by atoms with E-state index >= 15 is 0 Å². The lowest BCUT2D eigenvalue weighted by Crippen LogP contribution is -2.37. The molecule has 0 aliphatic carbocycles. The first-order valence-electron chi connectivity index (χ1n) is 9.58. The van der Waals surface area contributed by atoms with Gasteiger partial charge in [0.05, 0.1) is 11.0 Å². The van der Waals surface area contributed by atoms with Crippen molar-refractivity contribution < 1.29 is 9.47 Å². The van der Waals surface area contributed by atoms with Gasteiger partial charge in [-0.1, -0.05) is 18.2 Å². The first-order valence-corrected chi connectivity index (χ1v) is 9.58. The molecule has 140 valence electrons. The van der Waals surface area contributed by atoms with Gasteiger partial charge in [0.15, 0.2) is 11.5 Å². The number of para-hydroxylation sites is 2. The smallest absolute Gasteiger partial charge is 0.326 e. The highest BCUT2D eigenvalue weighted by molar-refractivity contribution is 5.75. The Morgan fingerprint density at radius 3 is 2.74 bits per heavy atom. The summed E-state index contributed by atoms with van der Waals surface area (Å²) in [5, 5.41) is 0. The highest BCUT2D eigenvalue weighted by Crippen LogP contribution is 2.32. The maximum Gasteiger partial charge on any atom is 0.326 e. The Kier molecular flexibility index (Phi) is 4.13. The molecular formula is C21H23N3O3. The normalized spacial score (nSPS) is 17.6. The van der Waals surface area contributed by atoms with Crippen molar-refractivity contribution >= 4 is 11.0 Å². The van der Waals surface area contributed by atoms with E-state index in [1.807, 2.05) is 34.9 Å². The zero-order valence-corrected chi connectivity index (χ0v) is 15.2. The molecule has 1 N–H and O–H groups in total. The minimum absolute atomic E-state index is 0.00927. The third-order valence-electron chi connectivity index (χ3n) is 5.70. The number of aromatic nitrogens is 2. The number of nitrogens with zero attached hydrogens (tertiary/aromatic N) is 2. The Morgan fingerprint density at radius 2 is 1.85 bits per heavy atom. The number of aromatic amines is 1. The Hall–Kier alpha value is -2.73. The van der Waals surface area contributed by atoms with Crippen molar-refractivity contribution in [3.8, 4) is 11.5 Å². The van der Waals surface area contributed by atoms with E-state index in [0.29, 0.717) is 6.79 Å². The molecule has 0 atom stereocenters. The number of imidazole rings is 1. The average molecular weight is 365 g/mol. The number of hydrogen-bond donors (Lipinski definition) is 1. The zero-order valence-electron chi connectivity index (χ0n) is 15.2. The molecule has 1 fully saturated rings. The average Bonchev–Trinajstić information content (AvgIpc) is 3.29. The van der Waals surface area contributed by atoms with Crippen LogP contribution in [0.4, 0.5) is 0 Å². The van der Waals surface area contributed by atoms with E-state index in [9.17, 15) is 4.79 Å². The van der Waals surface area contributed by atoms with E-state index in [4.69, 9.17) is 9.47 Å². The quantitative estimate of drug-likeness (QED) is 0.772. The summed E-state index contributed by atoms with van der Waals surface area (Å²) in [5.74, 6) is 1.69. The number of nitrogens with one attached hydrogen (secondary N) is 1. The first-order chi connectivity index (χ1) is 13.3. The van der Waals surface area contributed by atoms with E-state index in [-0.39, 0.29) is 11.7 Å². The molecule has 5 rings (SSSR count). The third-order valence-corrected chi connectivity index (χ3v) is 5.70. The van der Waals surface area contributed by atoms with E-state index < -0.39 is 0 Å². The van der Waals surface area contributed by atoms with Gasteiger partial charge in [-0.2, -0.15) is 0 Å². The van der Waals surface area contributed by atoms with Crippen LogP contribution in [0, 0.1) is 0 Å². The Labute approximate surface area is 157 Å². The first kappa shape index (κ1) is 16.4. The third kappa shape index (κ3) is 3.10. The zero-order chi connectivity index (χ0) is 18.2. The largest absolute Gasteiger partial charge is 0.454 e. The number of likely N-dealkylation sites (tertiary alicyclic amines) is 1. The van der Waals surface area contributed by atoms with Gasteiger partial charge in [-0.3, -0.25) is 4.57 Å². The van der Waals surface area contributed by atoms with Crippen molar-refractivity contribution in [1.82, 2.24) is 14.5 Å². The second-order valence-corrected chi connectivity index (χ2v) is 7.33. The molecule has 0 bridgehead atoms. The van der Waals surface area contributed by atoms with Gasteiger partial charge in [-0.25, -0.2) is 4.79 Å². The molecule has 3 heterocycles. The van der Waals surface area contributed by atoms with Crippen molar-refractivity contribution in [2.75, 3.05) is 26.4 Å². The number of hydrogen-bond acceptors (Lipinski definition) is 4. The molecule has 0 radical (unpaired) electrons. The van der Waals surface area contributed by atoms with Crippen LogP contribution in [0.5, 0.6) is 11.5 Å². The molecule has 0 spiro atoms. The van der Waals surface area contributed by atoms with Gasteiger partial charge in [0.2, 0.25) is 6.79 Å². The van der Waals surface area contributed by atoms with Gasteiger partial charge in [-0.05, 0) is 49.1 Å². The van der Waals surface area contributed by atoms with Crippen LogP contribution in [-0.4, -0.2) is 40.9 Å². The molecule has 1 aromatic heterocycles. The molecule has 2 aliphatic rings. The van der Waals surface area contributed by atoms with Gasteiger partial charge in [0.1, 0.15) is 0 Å². The number of fused-ring (bicyclic) bond motifs is 2. The lowest BCUT2D eigenvalue weighted by molar-refractivity contribution is 0.174. The van der Waals surface area contributed by atoms with Crippen LogP contribution >= 0.6 is 0 Å². The SMILES string of the molecule is O=c1[nH]c2ccccc2n1C1CCN(CCc2ccc3c(c2)OCO3)CC1. The summed E-state index contributed by atoms with van der Waals surface area (Å²) in [7, 11) is 0. The highest BCUT2D eigenvalue weighted by atomic mass is 16.7. The fourth-order valence-corrected chi connectivity index (χ4v) is 4.22. The molecule has 2 aromatic carbocycles. The molecule has 2 aliphatic heterocycles. The Morgan fingerprint density at radius 1 is 1.04 bits per heavy atom. The second-order valence-electron chi connectivity index (χ2n) is 7.33. The van der Waals surface area contributed by atoms with Crippen LogP contribution in [0.2, 0.25) is 0 Å². The van der Waals surface area contributed by atoms with E-state index in [2.05, 4.69) is 22.0 Å².